The van der Waals surface area contributed by atoms with Crippen molar-refractivity contribution in [1.29, 1.82) is 0 Å². The third kappa shape index (κ3) is 2.47. The van der Waals surface area contributed by atoms with Crippen LogP contribution in [-0.2, 0) is 0 Å². The van der Waals surface area contributed by atoms with E-state index in [2.05, 4.69) is 45.5 Å². The van der Waals surface area contributed by atoms with Crippen molar-refractivity contribution in [3.05, 3.63) is 28.7 Å². The van der Waals surface area contributed by atoms with Crippen LogP contribution >= 0.6 is 15.9 Å². The molecule has 13 heavy (non-hydrogen) atoms. The molecule has 1 aromatic carbocycles. The van der Waals surface area contributed by atoms with Crippen molar-refractivity contribution in [3.63, 3.8) is 0 Å². The van der Waals surface area contributed by atoms with E-state index < -0.39 is 0 Å². The van der Waals surface area contributed by atoms with Crippen LogP contribution < -0.4 is 5.32 Å². The highest BCUT2D eigenvalue weighted by atomic mass is 79.9. The maximum Gasteiger partial charge on any atom is 0.0351 e. The minimum absolute atomic E-state index is 0.916. The van der Waals surface area contributed by atoms with E-state index in [1.807, 2.05) is 0 Å². The van der Waals surface area contributed by atoms with Gasteiger partial charge in [0, 0.05) is 16.7 Å². The van der Waals surface area contributed by atoms with Gasteiger partial charge >= 0.3 is 0 Å². The van der Waals surface area contributed by atoms with Gasteiger partial charge in [0.05, 0.1) is 0 Å². The largest absolute Gasteiger partial charge is 0.385 e. The number of benzene rings is 1. The van der Waals surface area contributed by atoms with Crippen LogP contribution in [0, 0.1) is 5.92 Å². The summed E-state index contributed by atoms with van der Waals surface area (Å²) in [5.41, 5.74) is 1.22. The maximum absolute atomic E-state index is 3.46. The van der Waals surface area contributed by atoms with E-state index in [9.17, 15) is 0 Å². The van der Waals surface area contributed by atoms with Crippen LogP contribution in [0.3, 0.4) is 0 Å². The zero-order chi connectivity index (χ0) is 9.10. The third-order valence-electron chi connectivity index (χ3n) is 2.64. The van der Waals surface area contributed by atoms with Crippen LogP contribution in [0.1, 0.15) is 19.3 Å². The van der Waals surface area contributed by atoms with Gasteiger partial charge in [-0.05, 0) is 37.0 Å². The van der Waals surface area contributed by atoms with Gasteiger partial charge in [-0.3, -0.25) is 0 Å². The number of anilines is 1. The standard InChI is InChI=1S/C11H14BrN/c12-10-5-2-6-11(7-10)13-8-9-3-1-4-9/h2,5-7,9,13H,1,3-4,8H2. The molecule has 1 aliphatic carbocycles. The quantitative estimate of drug-likeness (QED) is 0.850. The molecule has 1 N–H and O–H groups in total. The zero-order valence-electron chi connectivity index (χ0n) is 7.59. The first kappa shape index (κ1) is 9.07. The normalized spacial score (nSPS) is 16.7. The van der Waals surface area contributed by atoms with Gasteiger partial charge < -0.3 is 5.32 Å². The average Bonchev–Trinajstić information content (AvgIpc) is 2.01. The van der Waals surface area contributed by atoms with Crippen LogP contribution in [-0.4, -0.2) is 6.54 Å². The van der Waals surface area contributed by atoms with E-state index in [-0.39, 0.29) is 0 Å². The van der Waals surface area contributed by atoms with Crippen molar-refractivity contribution in [3.8, 4) is 0 Å². The molecule has 1 saturated carbocycles. The Morgan fingerprint density at radius 3 is 2.85 bits per heavy atom. The Labute approximate surface area is 87.7 Å². The fourth-order valence-corrected chi connectivity index (χ4v) is 1.96. The Bertz CT molecular complexity index is 281. The summed E-state index contributed by atoms with van der Waals surface area (Å²) in [7, 11) is 0. The molecule has 2 rings (SSSR count). The predicted octanol–water partition coefficient (Wildman–Crippen LogP) is 3.66. The highest BCUT2D eigenvalue weighted by Crippen LogP contribution is 2.26. The fraction of sp³-hybridized carbons (Fsp3) is 0.455. The predicted molar refractivity (Wildman–Crippen MR) is 60.0 cm³/mol. The summed E-state index contributed by atoms with van der Waals surface area (Å²) in [5.74, 6) is 0.916. The number of hydrogen-bond donors (Lipinski definition) is 1. The van der Waals surface area contributed by atoms with E-state index in [0.29, 0.717) is 0 Å². The lowest BCUT2D eigenvalue weighted by Crippen LogP contribution is -2.20. The molecule has 0 aromatic heterocycles. The molecule has 0 atom stereocenters. The molecule has 1 nitrogen and oxygen atoms in total. The molecule has 2 heteroatoms. The van der Waals surface area contributed by atoms with Gasteiger partial charge in [0.2, 0.25) is 0 Å². The van der Waals surface area contributed by atoms with E-state index in [1.165, 1.54) is 24.9 Å². The molecule has 70 valence electrons. The number of nitrogens with one attached hydrogen (secondary N) is 1. The molecule has 0 heterocycles. The lowest BCUT2D eigenvalue weighted by molar-refractivity contribution is 0.333. The minimum atomic E-state index is 0.916. The Kier molecular flexibility index (Phi) is 2.89. The second-order valence-corrected chi connectivity index (χ2v) is 4.60. The first-order valence-corrected chi connectivity index (χ1v) is 5.63. The van der Waals surface area contributed by atoms with Gasteiger partial charge in [0.15, 0.2) is 0 Å². The van der Waals surface area contributed by atoms with Gasteiger partial charge in [-0.2, -0.15) is 0 Å². The molecule has 0 unspecified atom stereocenters. The lowest BCUT2D eigenvalue weighted by Gasteiger charge is -2.25. The first-order chi connectivity index (χ1) is 6.34. The molecular weight excluding hydrogens is 226 g/mol. The van der Waals surface area contributed by atoms with E-state index in [4.69, 9.17) is 0 Å². The number of hydrogen-bond acceptors (Lipinski definition) is 1. The third-order valence-corrected chi connectivity index (χ3v) is 3.14. The summed E-state index contributed by atoms with van der Waals surface area (Å²) in [6, 6.07) is 8.35. The summed E-state index contributed by atoms with van der Waals surface area (Å²) in [6.07, 6.45) is 4.23. The van der Waals surface area contributed by atoms with Crippen LogP contribution in [0.5, 0.6) is 0 Å². The second kappa shape index (κ2) is 4.14. The van der Waals surface area contributed by atoms with Crippen molar-refractivity contribution < 1.29 is 0 Å². The van der Waals surface area contributed by atoms with Crippen LogP contribution in [0.15, 0.2) is 28.7 Å². The average molecular weight is 240 g/mol. The zero-order valence-corrected chi connectivity index (χ0v) is 9.18. The van der Waals surface area contributed by atoms with Crippen molar-refractivity contribution in [2.45, 2.75) is 19.3 Å². The molecule has 0 bridgehead atoms. The molecular formula is C11H14BrN. The van der Waals surface area contributed by atoms with Crippen LogP contribution in [0.25, 0.3) is 0 Å². The molecule has 0 radical (unpaired) electrons. The topological polar surface area (TPSA) is 12.0 Å². The van der Waals surface area contributed by atoms with Crippen LogP contribution in [0.4, 0.5) is 5.69 Å². The summed E-state index contributed by atoms with van der Waals surface area (Å²) >= 11 is 3.46. The molecule has 0 saturated heterocycles. The second-order valence-electron chi connectivity index (χ2n) is 3.69. The monoisotopic (exact) mass is 239 g/mol. The lowest BCUT2D eigenvalue weighted by atomic mass is 9.85. The van der Waals surface area contributed by atoms with Gasteiger partial charge in [0.1, 0.15) is 0 Å². The summed E-state index contributed by atoms with van der Waals surface area (Å²) in [6.45, 7) is 1.14. The van der Waals surface area contributed by atoms with Crippen molar-refractivity contribution in [2.75, 3.05) is 11.9 Å². The smallest absolute Gasteiger partial charge is 0.0351 e. The molecule has 1 aromatic rings. The Morgan fingerprint density at radius 1 is 1.38 bits per heavy atom. The molecule has 1 fully saturated rings. The Morgan fingerprint density at radius 2 is 2.23 bits per heavy atom. The van der Waals surface area contributed by atoms with Gasteiger partial charge in [0.25, 0.3) is 0 Å². The highest BCUT2D eigenvalue weighted by molar-refractivity contribution is 9.10. The number of rotatable bonds is 3. The van der Waals surface area contributed by atoms with Crippen molar-refractivity contribution in [1.82, 2.24) is 0 Å². The Balaban J connectivity index is 1.86. The van der Waals surface area contributed by atoms with Crippen molar-refractivity contribution >= 4 is 21.6 Å². The molecule has 0 spiro atoms. The van der Waals surface area contributed by atoms with Crippen molar-refractivity contribution in [2.24, 2.45) is 5.92 Å². The summed E-state index contributed by atoms with van der Waals surface area (Å²) in [4.78, 5) is 0. The summed E-state index contributed by atoms with van der Waals surface area (Å²) < 4.78 is 1.14. The molecule has 0 amide bonds. The van der Waals surface area contributed by atoms with E-state index in [0.717, 1.165) is 16.9 Å². The maximum atomic E-state index is 3.46. The van der Waals surface area contributed by atoms with E-state index >= 15 is 0 Å². The van der Waals surface area contributed by atoms with Gasteiger partial charge in [-0.1, -0.05) is 28.4 Å². The molecule has 0 aliphatic heterocycles. The van der Waals surface area contributed by atoms with Gasteiger partial charge in [-0.25, -0.2) is 0 Å². The Hall–Kier alpha value is -0.500. The first-order valence-electron chi connectivity index (χ1n) is 4.84. The summed E-state index contributed by atoms with van der Waals surface area (Å²) in [5, 5.41) is 3.46. The molecule has 1 aliphatic rings. The number of halogens is 1. The van der Waals surface area contributed by atoms with E-state index in [1.54, 1.807) is 0 Å². The minimum Gasteiger partial charge on any atom is -0.385 e. The van der Waals surface area contributed by atoms with Gasteiger partial charge in [-0.15, -0.1) is 0 Å². The van der Waals surface area contributed by atoms with Crippen LogP contribution in [0.2, 0.25) is 0 Å². The highest BCUT2D eigenvalue weighted by Gasteiger charge is 2.16. The fourth-order valence-electron chi connectivity index (χ4n) is 1.56. The SMILES string of the molecule is Brc1cccc(NCC2CCC2)c1.